The number of anilines is 1. The summed E-state index contributed by atoms with van der Waals surface area (Å²) in [6.07, 6.45) is 3.33. The van der Waals surface area contributed by atoms with E-state index in [1.807, 2.05) is 0 Å². The van der Waals surface area contributed by atoms with Crippen LogP contribution in [0.4, 0.5) is 5.13 Å². The van der Waals surface area contributed by atoms with Gasteiger partial charge < -0.3 is 15.2 Å². The maximum atomic E-state index is 12.1. The van der Waals surface area contributed by atoms with E-state index in [1.54, 1.807) is 24.8 Å². The second kappa shape index (κ2) is 5.61. The predicted octanol–water partition coefficient (Wildman–Crippen LogP) is 1.10. The van der Waals surface area contributed by atoms with Gasteiger partial charge in [-0.05, 0) is 0 Å². The van der Waals surface area contributed by atoms with E-state index in [9.17, 15) is 9.59 Å². The fourth-order valence-corrected chi connectivity index (χ4v) is 2.19. The van der Waals surface area contributed by atoms with Gasteiger partial charge in [0.1, 0.15) is 11.5 Å². The lowest BCUT2D eigenvalue weighted by Crippen LogP contribution is -2.27. The highest BCUT2D eigenvalue weighted by atomic mass is 32.1. The molecule has 0 radical (unpaired) electrons. The number of rotatable bonds is 4. The Kier molecular flexibility index (Phi) is 3.91. The number of thiazole rings is 1. The van der Waals surface area contributed by atoms with E-state index in [1.165, 1.54) is 23.2 Å². The Morgan fingerprint density at radius 2 is 2.32 bits per heavy atom. The molecular formula is C11H13N5O2S. The van der Waals surface area contributed by atoms with E-state index < -0.39 is 0 Å². The Morgan fingerprint density at radius 3 is 2.95 bits per heavy atom. The Morgan fingerprint density at radius 1 is 1.53 bits per heavy atom. The van der Waals surface area contributed by atoms with Gasteiger partial charge in [-0.15, -0.1) is 11.3 Å². The topological polar surface area (TPSA) is 91.0 Å². The van der Waals surface area contributed by atoms with Gasteiger partial charge in [-0.25, -0.2) is 9.97 Å². The molecule has 100 valence electrons. The molecule has 2 N–H and O–H groups in total. The lowest BCUT2D eigenvalue weighted by atomic mass is 10.4. The summed E-state index contributed by atoms with van der Waals surface area (Å²) in [4.78, 5) is 35.5. The zero-order valence-electron chi connectivity index (χ0n) is 10.5. The monoisotopic (exact) mass is 279 g/mol. The van der Waals surface area contributed by atoms with Gasteiger partial charge in [0, 0.05) is 31.7 Å². The van der Waals surface area contributed by atoms with Gasteiger partial charge in [0.25, 0.3) is 5.91 Å². The number of H-pyrrole nitrogens is 1. The SMILES string of the molecule is CC(=O)Nc1nc(C(=O)N(C)Cc2ncc[nH]2)cs1. The minimum Gasteiger partial charge on any atom is -0.347 e. The van der Waals surface area contributed by atoms with Crippen molar-refractivity contribution in [2.24, 2.45) is 0 Å². The van der Waals surface area contributed by atoms with E-state index in [4.69, 9.17) is 0 Å². The van der Waals surface area contributed by atoms with Gasteiger partial charge in [0.05, 0.1) is 6.54 Å². The van der Waals surface area contributed by atoms with Gasteiger partial charge in [0.2, 0.25) is 5.91 Å². The average Bonchev–Trinajstić information content (AvgIpc) is 2.98. The Hall–Kier alpha value is -2.22. The van der Waals surface area contributed by atoms with Crippen LogP contribution in [0.3, 0.4) is 0 Å². The molecule has 2 heterocycles. The first-order valence-corrected chi connectivity index (χ1v) is 6.41. The van der Waals surface area contributed by atoms with Gasteiger partial charge in [-0.3, -0.25) is 9.59 Å². The summed E-state index contributed by atoms with van der Waals surface area (Å²) < 4.78 is 0. The number of carbonyl (C=O) groups excluding carboxylic acids is 2. The molecular weight excluding hydrogens is 266 g/mol. The molecule has 19 heavy (non-hydrogen) atoms. The number of imidazole rings is 1. The summed E-state index contributed by atoms with van der Waals surface area (Å²) in [6, 6.07) is 0. The first-order valence-electron chi connectivity index (χ1n) is 5.53. The normalized spacial score (nSPS) is 10.2. The molecule has 0 aliphatic rings. The zero-order valence-corrected chi connectivity index (χ0v) is 11.3. The highest BCUT2D eigenvalue weighted by Crippen LogP contribution is 2.16. The van der Waals surface area contributed by atoms with Crippen molar-refractivity contribution in [1.29, 1.82) is 0 Å². The zero-order chi connectivity index (χ0) is 13.8. The van der Waals surface area contributed by atoms with Crippen molar-refractivity contribution in [2.75, 3.05) is 12.4 Å². The van der Waals surface area contributed by atoms with Crippen LogP contribution in [-0.4, -0.2) is 38.7 Å². The van der Waals surface area contributed by atoms with Crippen molar-refractivity contribution < 1.29 is 9.59 Å². The maximum absolute atomic E-state index is 12.1. The molecule has 0 fully saturated rings. The summed E-state index contributed by atoms with van der Waals surface area (Å²) in [5.41, 5.74) is 0.308. The number of nitrogens with one attached hydrogen (secondary N) is 2. The fourth-order valence-electron chi connectivity index (χ4n) is 1.46. The highest BCUT2D eigenvalue weighted by Gasteiger charge is 2.16. The largest absolute Gasteiger partial charge is 0.347 e. The van der Waals surface area contributed by atoms with Crippen molar-refractivity contribution in [3.8, 4) is 0 Å². The lowest BCUT2D eigenvalue weighted by molar-refractivity contribution is -0.114. The number of amides is 2. The molecule has 0 bridgehead atoms. The first kappa shape index (κ1) is 13.2. The van der Waals surface area contributed by atoms with E-state index >= 15 is 0 Å². The van der Waals surface area contributed by atoms with E-state index in [0.29, 0.717) is 23.2 Å². The third kappa shape index (κ3) is 3.38. The van der Waals surface area contributed by atoms with E-state index in [2.05, 4.69) is 20.3 Å². The molecule has 2 aromatic rings. The molecule has 0 aromatic carbocycles. The van der Waals surface area contributed by atoms with E-state index in [0.717, 1.165) is 0 Å². The second-order valence-electron chi connectivity index (χ2n) is 3.92. The van der Waals surface area contributed by atoms with Gasteiger partial charge in [-0.1, -0.05) is 0 Å². The van der Waals surface area contributed by atoms with Crippen LogP contribution in [0.2, 0.25) is 0 Å². The number of aromatic amines is 1. The fraction of sp³-hybridized carbons (Fsp3) is 0.273. The van der Waals surface area contributed by atoms with Crippen LogP contribution >= 0.6 is 11.3 Å². The van der Waals surface area contributed by atoms with Crippen LogP contribution in [0, 0.1) is 0 Å². The Balaban J connectivity index is 2.02. The summed E-state index contributed by atoms with van der Waals surface area (Å²) in [7, 11) is 1.67. The molecule has 2 aromatic heterocycles. The molecule has 0 atom stereocenters. The van der Waals surface area contributed by atoms with Crippen LogP contribution in [0.1, 0.15) is 23.2 Å². The van der Waals surface area contributed by atoms with Gasteiger partial charge in [-0.2, -0.15) is 0 Å². The predicted molar refractivity (Wildman–Crippen MR) is 70.8 cm³/mol. The smallest absolute Gasteiger partial charge is 0.273 e. The highest BCUT2D eigenvalue weighted by molar-refractivity contribution is 7.14. The minimum absolute atomic E-state index is 0.211. The third-order valence-corrected chi connectivity index (χ3v) is 3.05. The molecule has 8 heteroatoms. The first-order chi connectivity index (χ1) is 9.06. The number of nitrogens with zero attached hydrogens (tertiary/aromatic N) is 3. The summed E-state index contributed by atoms with van der Waals surface area (Å²) in [5.74, 6) is 0.273. The molecule has 0 aliphatic carbocycles. The molecule has 2 rings (SSSR count). The van der Waals surface area contributed by atoms with Crippen LogP contribution < -0.4 is 5.32 Å². The molecule has 0 aliphatic heterocycles. The maximum Gasteiger partial charge on any atom is 0.273 e. The van der Waals surface area contributed by atoms with Gasteiger partial charge >= 0.3 is 0 Å². The molecule has 0 unspecified atom stereocenters. The third-order valence-electron chi connectivity index (χ3n) is 2.29. The number of hydrogen-bond donors (Lipinski definition) is 2. The van der Waals surface area contributed by atoms with Crippen molar-refractivity contribution in [2.45, 2.75) is 13.5 Å². The van der Waals surface area contributed by atoms with Crippen LogP contribution in [0.15, 0.2) is 17.8 Å². The summed E-state index contributed by atoms with van der Waals surface area (Å²) in [5, 5.41) is 4.58. The Labute approximate surface area is 113 Å². The second-order valence-corrected chi connectivity index (χ2v) is 4.77. The van der Waals surface area contributed by atoms with Crippen molar-refractivity contribution in [1.82, 2.24) is 19.9 Å². The molecule has 0 saturated heterocycles. The number of carbonyl (C=O) groups is 2. The molecule has 7 nitrogen and oxygen atoms in total. The number of hydrogen-bond acceptors (Lipinski definition) is 5. The standard InChI is InChI=1S/C11H13N5O2S/c1-7(17)14-11-15-8(6-19-11)10(18)16(2)5-9-12-3-4-13-9/h3-4,6H,5H2,1-2H3,(H,12,13)(H,14,15,17). The molecule has 2 amide bonds. The van der Waals surface area contributed by atoms with E-state index in [-0.39, 0.29) is 11.8 Å². The van der Waals surface area contributed by atoms with Crippen molar-refractivity contribution in [3.05, 3.63) is 29.3 Å². The van der Waals surface area contributed by atoms with Crippen molar-refractivity contribution in [3.63, 3.8) is 0 Å². The van der Waals surface area contributed by atoms with Crippen molar-refractivity contribution >= 4 is 28.3 Å². The van der Waals surface area contributed by atoms with Crippen LogP contribution in [-0.2, 0) is 11.3 Å². The summed E-state index contributed by atoms with van der Waals surface area (Å²) >= 11 is 1.22. The minimum atomic E-state index is -0.218. The lowest BCUT2D eigenvalue weighted by Gasteiger charge is -2.13. The van der Waals surface area contributed by atoms with Gasteiger partial charge in [0.15, 0.2) is 5.13 Å². The Bertz CT molecular complexity index is 578. The van der Waals surface area contributed by atoms with Crippen LogP contribution in [0.25, 0.3) is 0 Å². The molecule has 0 saturated carbocycles. The summed E-state index contributed by atoms with van der Waals surface area (Å²) in [6.45, 7) is 1.77. The quantitative estimate of drug-likeness (QED) is 0.876. The van der Waals surface area contributed by atoms with Crippen LogP contribution in [0.5, 0.6) is 0 Å². The number of aromatic nitrogens is 3. The molecule has 0 spiro atoms. The average molecular weight is 279 g/mol.